The molecule has 1 N–H and O–H groups in total. The number of rotatable bonds is 1. The van der Waals surface area contributed by atoms with Crippen LogP contribution in [-0.2, 0) is 4.79 Å². The van der Waals surface area contributed by atoms with Crippen molar-refractivity contribution >= 4 is 40.8 Å². The minimum Gasteiger partial charge on any atom is -0.477 e. The highest BCUT2D eigenvalue weighted by atomic mass is 35.5. The zero-order valence-electron chi connectivity index (χ0n) is 3.99. The molecule has 0 aromatic heterocycles. The van der Waals surface area contributed by atoms with Gasteiger partial charge in [-0.15, -0.1) is 0 Å². The number of carboxylic acid groups (broad SMARTS) is 1. The Morgan fingerprint density at radius 3 is 1.89 bits per heavy atom. The number of halogens is 3. The van der Waals surface area contributed by atoms with Crippen LogP contribution in [0.15, 0.2) is 15.3 Å². The number of aliphatic carboxylic acids is 1. The first kappa shape index (κ1) is 8.86. The molecule has 0 aliphatic rings. The molecule has 0 saturated carbocycles. The van der Waals surface area contributed by atoms with Crippen molar-refractivity contribution in [3.05, 3.63) is 15.3 Å². The van der Waals surface area contributed by atoms with Crippen molar-refractivity contribution in [2.75, 3.05) is 0 Å². The Morgan fingerprint density at radius 2 is 1.78 bits per heavy atom. The number of hydrogen-bond acceptors (Lipinski definition) is 1. The maximum atomic E-state index is 9.87. The molecule has 0 aromatic rings. The van der Waals surface area contributed by atoms with Gasteiger partial charge in [0.2, 0.25) is 0 Å². The van der Waals surface area contributed by atoms with Gasteiger partial charge in [0, 0.05) is 0 Å². The third-order valence-electron chi connectivity index (χ3n) is 0.392. The first-order valence-corrected chi connectivity index (χ1v) is 2.88. The summed E-state index contributed by atoms with van der Waals surface area (Å²) in [6, 6.07) is 0. The van der Waals surface area contributed by atoms with E-state index in [2.05, 4.69) is 0 Å². The summed E-state index contributed by atoms with van der Waals surface area (Å²) < 4.78 is -0.303. The first-order chi connectivity index (χ1) is 4.04. The molecule has 0 fully saturated rings. The van der Waals surface area contributed by atoms with E-state index in [1.54, 1.807) is 0 Å². The van der Waals surface area contributed by atoms with Crippen molar-refractivity contribution in [2.45, 2.75) is 0 Å². The third kappa shape index (κ3) is 4.37. The normalized spacial score (nSPS) is 7.89. The van der Waals surface area contributed by atoms with Crippen LogP contribution in [0, 0.1) is 0 Å². The van der Waals surface area contributed by atoms with Crippen LogP contribution < -0.4 is 0 Å². The zero-order valence-corrected chi connectivity index (χ0v) is 6.26. The van der Waals surface area contributed by atoms with Gasteiger partial charge in [0.25, 0.3) is 0 Å². The number of hydrogen-bond donors (Lipinski definition) is 1. The highest BCUT2D eigenvalue weighted by Crippen LogP contribution is 2.07. The topological polar surface area (TPSA) is 37.3 Å². The molecule has 0 unspecified atom stereocenters. The lowest BCUT2D eigenvalue weighted by Gasteiger charge is -1.79. The Labute approximate surface area is 66.3 Å². The zero-order chi connectivity index (χ0) is 7.44. The fourth-order valence-electron chi connectivity index (χ4n) is 0.136. The molecule has 0 aromatic carbocycles. The summed E-state index contributed by atoms with van der Waals surface area (Å²) in [5.74, 6) is -1.31. The lowest BCUT2D eigenvalue weighted by molar-refractivity contribution is -0.131. The molecule has 0 aliphatic carbocycles. The standard InChI is InChI=1S/C4HCl3O2/c5-2(4(8)9)1-3(6)7/h(H,8,9). The average molecular weight is 187 g/mol. The van der Waals surface area contributed by atoms with E-state index in [9.17, 15) is 4.79 Å². The summed E-state index contributed by atoms with van der Waals surface area (Å²) >= 11 is 15.1. The van der Waals surface area contributed by atoms with Gasteiger partial charge in [-0.1, -0.05) is 40.5 Å². The molecule has 50 valence electrons. The van der Waals surface area contributed by atoms with Crippen molar-refractivity contribution in [1.82, 2.24) is 0 Å². The first-order valence-electron chi connectivity index (χ1n) is 1.74. The largest absolute Gasteiger partial charge is 0.477 e. The predicted octanol–water partition coefficient (Wildman–Crippen LogP) is 2.11. The van der Waals surface area contributed by atoms with Crippen LogP contribution in [0.5, 0.6) is 0 Å². The molecule has 0 bridgehead atoms. The van der Waals surface area contributed by atoms with E-state index in [4.69, 9.17) is 39.9 Å². The Bertz CT molecular complexity index is 186. The van der Waals surface area contributed by atoms with Gasteiger partial charge in [0.1, 0.15) is 0 Å². The van der Waals surface area contributed by atoms with E-state index in [0.717, 1.165) is 0 Å². The van der Waals surface area contributed by atoms with Gasteiger partial charge in [0.15, 0.2) is 9.52 Å². The van der Waals surface area contributed by atoms with Crippen LogP contribution in [0.25, 0.3) is 0 Å². The quantitative estimate of drug-likeness (QED) is 0.504. The van der Waals surface area contributed by atoms with E-state index in [1.165, 1.54) is 0 Å². The SMILES string of the molecule is O=C(O)C(Cl)=C=C(Cl)Cl. The molecular weight excluding hydrogens is 186 g/mol. The molecule has 2 nitrogen and oxygen atoms in total. The predicted molar refractivity (Wildman–Crippen MR) is 35.7 cm³/mol. The molecule has 0 spiro atoms. The second-order valence-electron chi connectivity index (χ2n) is 1.00. The van der Waals surface area contributed by atoms with Crippen LogP contribution in [-0.4, -0.2) is 11.1 Å². The summed E-state index contributed by atoms with van der Waals surface area (Å²) in [5.41, 5.74) is 1.97. The molecule has 0 heterocycles. The van der Waals surface area contributed by atoms with Crippen molar-refractivity contribution in [2.24, 2.45) is 0 Å². The lowest BCUT2D eigenvalue weighted by Crippen LogP contribution is -1.91. The molecule has 5 heteroatoms. The van der Waals surface area contributed by atoms with Gasteiger partial charge >= 0.3 is 5.97 Å². The van der Waals surface area contributed by atoms with Crippen molar-refractivity contribution in [1.29, 1.82) is 0 Å². The second-order valence-corrected chi connectivity index (χ2v) is 2.33. The van der Waals surface area contributed by atoms with Crippen molar-refractivity contribution < 1.29 is 9.90 Å². The van der Waals surface area contributed by atoms with Crippen LogP contribution >= 0.6 is 34.8 Å². The number of carboxylic acids is 1. The highest BCUT2D eigenvalue weighted by Gasteiger charge is 1.99. The number of carbonyl (C=O) groups is 1. The minimum atomic E-state index is -1.31. The molecule has 0 saturated heterocycles. The smallest absolute Gasteiger partial charge is 0.355 e. The van der Waals surface area contributed by atoms with Crippen LogP contribution in [0.2, 0.25) is 0 Å². The Balaban J connectivity index is 4.55. The summed E-state index contributed by atoms with van der Waals surface area (Å²) in [6.07, 6.45) is 0. The highest BCUT2D eigenvalue weighted by molar-refractivity contribution is 6.56. The Morgan fingerprint density at radius 1 is 1.33 bits per heavy atom. The maximum absolute atomic E-state index is 9.87. The van der Waals surface area contributed by atoms with Crippen molar-refractivity contribution in [3.8, 4) is 0 Å². The fraction of sp³-hybridized carbons (Fsp3) is 0. The van der Waals surface area contributed by atoms with E-state index >= 15 is 0 Å². The maximum Gasteiger partial charge on any atom is 0.355 e. The van der Waals surface area contributed by atoms with E-state index < -0.39 is 11.0 Å². The summed E-state index contributed by atoms with van der Waals surface area (Å²) in [7, 11) is 0. The van der Waals surface area contributed by atoms with Crippen LogP contribution in [0.1, 0.15) is 0 Å². The summed E-state index contributed by atoms with van der Waals surface area (Å²) in [6.45, 7) is 0. The second kappa shape index (κ2) is 3.80. The van der Waals surface area contributed by atoms with E-state index in [1.807, 2.05) is 5.73 Å². The van der Waals surface area contributed by atoms with Gasteiger partial charge < -0.3 is 5.11 Å². The van der Waals surface area contributed by atoms with Crippen LogP contribution in [0.3, 0.4) is 0 Å². The molecule has 0 aliphatic heterocycles. The Hall–Kier alpha value is -0.140. The molecule has 0 amide bonds. The molecule has 9 heavy (non-hydrogen) atoms. The molecular formula is C4HCl3O2. The van der Waals surface area contributed by atoms with Gasteiger partial charge in [-0.3, -0.25) is 0 Å². The van der Waals surface area contributed by atoms with E-state index in [-0.39, 0.29) is 4.49 Å². The molecule has 0 rings (SSSR count). The van der Waals surface area contributed by atoms with E-state index in [0.29, 0.717) is 0 Å². The van der Waals surface area contributed by atoms with Crippen molar-refractivity contribution in [3.63, 3.8) is 0 Å². The monoisotopic (exact) mass is 186 g/mol. The van der Waals surface area contributed by atoms with Crippen LogP contribution in [0.4, 0.5) is 0 Å². The fourth-order valence-corrected chi connectivity index (χ4v) is 0.517. The molecule has 0 atom stereocenters. The summed E-state index contributed by atoms with van der Waals surface area (Å²) in [4.78, 5) is 9.87. The van der Waals surface area contributed by atoms with Gasteiger partial charge in [-0.05, 0) is 0 Å². The summed E-state index contributed by atoms with van der Waals surface area (Å²) in [5, 5.41) is 7.54. The average Bonchev–Trinajstić information content (AvgIpc) is 1.63. The Kier molecular flexibility index (Phi) is 3.75. The lowest BCUT2D eigenvalue weighted by atomic mass is 10.6. The van der Waals surface area contributed by atoms with Gasteiger partial charge in [-0.25, -0.2) is 4.79 Å². The molecule has 0 radical (unpaired) electrons. The van der Waals surface area contributed by atoms with Gasteiger partial charge in [0.05, 0.1) is 0 Å². The van der Waals surface area contributed by atoms with Gasteiger partial charge in [-0.2, -0.15) is 0 Å². The minimum absolute atomic E-state index is 0.303. The third-order valence-corrected chi connectivity index (χ3v) is 0.837.